The summed E-state index contributed by atoms with van der Waals surface area (Å²) in [6.45, 7) is 18.0. The first kappa shape index (κ1) is 24.0. The van der Waals surface area contributed by atoms with Crippen LogP contribution >= 0.6 is 0 Å². The summed E-state index contributed by atoms with van der Waals surface area (Å²) in [7, 11) is 0. The van der Waals surface area contributed by atoms with Crippen LogP contribution in [0.4, 0.5) is 0 Å². The van der Waals surface area contributed by atoms with Crippen molar-refractivity contribution in [3.05, 3.63) is 0 Å². The Bertz CT molecular complexity index is 252. The third kappa shape index (κ3) is 9.82. The van der Waals surface area contributed by atoms with Crippen molar-refractivity contribution in [1.29, 1.82) is 0 Å². The summed E-state index contributed by atoms with van der Waals surface area (Å²) in [5.74, 6) is -0.984. The highest BCUT2D eigenvalue weighted by Crippen LogP contribution is 2.18. The number of carbonyl (C=O) groups excluding carboxylic acids is 1. The van der Waals surface area contributed by atoms with Crippen molar-refractivity contribution >= 4 is 11.9 Å². The van der Waals surface area contributed by atoms with Gasteiger partial charge in [0, 0.05) is 12.1 Å². The maximum atomic E-state index is 11.8. The smallest absolute Gasteiger partial charge is 0.312 e. The Morgan fingerprint density at radius 1 is 1.00 bits per heavy atom. The summed E-state index contributed by atoms with van der Waals surface area (Å²) in [5.41, 5.74) is 0. The second kappa shape index (κ2) is 14.4. The Balaban J connectivity index is -0.000000656. The van der Waals surface area contributed by atoms with Crippen LogP contribution in [0.5, 0.6) is 0 Å². The van der Waals surface area contributed by atoms with Crippen LogP contribution in [-0.4, -0.2) is 34.0 Å². The highest BCUT2D eigenvalue weighted by Gasteiger charge is 2.27. The molecule has 1 amide bonds. The fraction of sp³-hybridized carbons (Fsp3) is 0.875. The van der Waals surface area contributed by atoms with E-state index < -0.39 is 12.4 Å². The highest BCUT2D eigenvalue weighted by atomic mass is 16.4. The Hall–Kier alpha value is -1.06. The zero-order valence-corrected chi connectivity index (χ0v) is 14.9. The van der Waals surface area contributed by atoms with Crippen molar-refractivity contribution in [3.8, 4) is 0 Å². The van der Waals surface area contributed by atoms with Gasteiger partial charge >= 0.3 is 5.97 Å². The second-order valence-corrected chi connectivity index (χ2v) is 4.59. The maximum absolute atomic E-state index is 11.8. The molecule has 20 heavy (non-hydrogen) atoms. The van der Waals surface area contributed by atoms with Gasteiger partial charge in [0.1, 0.15) is 6.42 Å². The molecule has 0 bridgehead atoms. The molecule has 0 unspecified atom stereocenters. The highest BCUT2D eigenvalue weighted by molar-refractivity contribution is 5.93. The molecule has 0 saturated heterocycles. The van der Waals surface area contributed by atoms with E-state index in [2.05, 4.69) is 13.8 Å². The lowest BCUT2D eigenvalue weighted by atomic mass is 9.98. The number of carbonyl (C=O) groups is 2. The monoisotopic (exact) mass is 289 g/mol. The summed E-state index contributed by atoms with van der Waals surface area (Å²) < 4.78 is 0. The lowest BCUT2D eigenvalue weighted by Gasteiger charge is -2.36. The average molecular weight is 289 g/mol. The fourth-order valence-electron chi connectivity index (χ4n) is 1.82. The van der Waals surface area contributed by atoms with Crippen LogP contribution < -0.4 is 0 Å². The van der Waals surface area contributed by atoms with Crippen LogP contribution in [-0.2, 0) is 9.59 Å². The first-order chi connectivity index (χ1) is 9.31. The number of rotatable bonds is 6. The predicted octanol–water partition coefficient (Wildman–Crippen LogP) is 4.19. The van der Waals surface area contributed by atoms with Gasteiger partial charge in [0.2, 0.25) is 5.91 Å². The SMILES string of the molecule is CC.CC.CC[C@H](C)[C@@H](C)N(C(=O)CC(=O)O)C(C)C. The van der Waals surface area contributed by atoms with Gasteiger partial charge in [-0.15, -0.1) is 0 Å². The molecule has 0 aliphatic carbocycles. The molecule has 0 aromatic heterocycles. The van der Waals surface area contributed by atoms with Crippen molar-refractivity contribution < 1.29 is 14.7 Å². The van der Waals surface area contributed by atoms with Gasteiger partial charge in [-0.25, -0.2) is 0 Å². The second-order valence-electron chi connectivity index (χ2n) is 4.59. The molecule has 0 fully saturated rings. The van der Waals surface area contributed by atoms with Crippen molar-refractivity contribution in [2.45, 2.75) is 87.2 Å². The van der Waals surface area contributed by atoms with E-state index >= 15 is 0 Å². The summed E-state index contributed by atoms with van der Waals surface area (Å²) >= 11 is 0. The van der Waals surface area contributed by atoms with E-state index in [4.69, 9.17) is 5.11 Å². The molecule has 0 aliphatic rings. The molecule has 1 N–H and O–H groups in total. The first-order valence-electron chi connectivity index (χ1n) is 7.84. The number of carboxylic acid groups (broad SMARTS) is 1. The van der Waals surface area contributed by atoms with E-state index in [0.717, 1.165) is 6.42 Å². The first-order valence-corrected chi connectivity index (χ1v) is 7.84. The van der Waals surface area contributed by atoms with E-state index in [1.807, 2.05) is 48.5 Å². The number of amides is 1. The topological polar surface area (TPSA) is 57.6 Å². The van der Waals surface area contributed by atoms with Crippen molar-refractivity contribution in [2.24, 2.45) is 5.92 Å². The molecule has 0 saturated carbocycles. The van der Waals surface area contributed by atoms with Gasteiger partial charge in [0.05, 0.1) is 0 Å². The standard InChI is InChI=1S/C12H23NO3.2C2H6/c1-6-9(4)10(5)13(8(2)3)11(14)7-12(15)16;2*1-2/h8-10H,6-7H2,1-5H3,(H,15,16);2*1-2H3/t9-,10+;;/m0../s1. The lowest BCUT2D eigenvalue weighted by molar-refractivity contribution is -0.146. The normalized spacial score (nSPS) is 12.3. The van der Waals surface area contributed by atoms with Crippen LogP contribution in [0.3, 0.4) is 0 Å². The Kier molecular flexibility index (Phi) is 17.2. The summed E-state index contributed by atoms with van der Waals surface area (Å²) in [5, 5.41) is 8.64. The van der Waals surface area contributed by atoms with E-state index in [-0.39, 0.29) is 18.0 Å². The number of hydrogen-bond donors (Lipinski definition) is 1. The molecule has 0 heterocycles. The third-order valence-corrected chi connectivity index (χ3v) is 3.05. The molecule has 0 aromatic rings. The minimum atomic E-state index is -1.06. The number of nitrogens with zero attached hydrogens (tertiary/aromatic N) is 1. The van der Waals surface area contributed by atoms with Crippen LogP contribution in [0, 0.1) is 5.92 Å². The molecule has 122 valence electrons. The van der Waals surface area contributed by atoms with Gasteiger partial charge in [0.15, 0.2) is 0 Å². The maximum Gasteiger partial charge on any atom is 0.312 e. The van der Waals surface area contributed by atoms with Crippen LogP contribution in [0.2, 0.25) is 0 Å². The fourth-order valence-corrected chi connectivity index (χ4v) is 1.82. The molecule has 0 aromatic carbocycles. The van der Waals surface area contributed by atoms with Crippen molar-refractivity contribution in [1.82, 2.24) is 4.90 Å². The quantitative estimate of drug-likeness (QED) is 0.746. The van der Waals surface area contributed by atoms with Crippen molar-refractivity contribution in [3.63, 3.8) is 0 Å². The zero-order chi connectivity index (χ0) is 16.9. The van der Waals surface area contributed by atoms with E-state index in [0.29, 0.717) is 5.92 Å². The summed E-state index contributed by atoms with van der Waals surface area (Å²) in [6, 6.07) is 0.118. The lowest BCUT2D eigenvalue weighted by Crippen LogP contribution is -2.46. The number of aliphatic carboxylic acids is 1. The average Bonchev–Trinajstić information content (AvgIpc) is 2.41. The summed E-state index contributed by atoms with van der Waals surface area (Å²) in [6.07, 6.45) is 0.559. The number of hydrogen-bond acceptors (Lipinski definition) is 2. The minimum absolute atomic E-state index is 0.0378. The van der Waals surface area contributed by atoms with Gasteiger partial charge in [-0.3, -0.25) is 9.59 Å². The van der Waals surface area contributed by atoms with Crippen LogP contribution in [0.15, 0.2) is 0 Å². The molecule has 0 spiro atoms. The molecule has 0 radical (unpaired) electrons. The van der Waals surface area contributed by atoms with E-state index in [1.165, 1.54) is 0 Å². The van der Waals surface area contributed by atoms with E-state index in [1.54, 1.807) is 4.90 Å². The molecule has 4 nitrogen and oxygen atoms in total. The van der Waals surface area contributed by atoms with E-state index in [9.17, 15) is 9.59 Å². The largest absolute Gasteiger partial charge is 0.481 e. The van der Waals surface area contributed by atoms with Gasteiger partial charge in [-0.05, 0) is 26.7 Å². The minimum Gasteiger partial charge on any atom is -0.481 e. The molecular formula is C16H35NO3. The zero-order valence-electron chi connectivity index (χ0n) is 14.9. The van der Waals surface area contributed by atoms with Gasteiger partial charge in [0.25, 0.3) is 0 Å². The molecule has 4 heteroatoms. The van der Waals surface area contributed by atoms with Gasteiger partial charge < -0.3 is 10.0 Å². The van der Waals surface area contributed by atoms with Crippen LogP contribution in [0.25, 0.3) is 0 Å². The van der Waals surface area contributed by atoms with Gasteiger partial charge in [-0.2, -0.15) is 0 Å². The molecule has 2 atom stereocenters. The predicted molar refractivity (Wildman–Crippen MR) is 85.8 cm³/mol. The molecular weight excluding hydrogens is 254 g/mol. The molecule has 0 aliphatic heterocycles. The Morgan fingerprint density at radius 2 is 1.40 bits per heavy atom. The van der Waals surface area contributed by atoms with Crippen molar-refractivity contribution in [2.75, 3.05) is 0 Å². The third-order valence-electron chi connectivity index (χ3n) is 3.05. The Labute approximate surface area is 125 Å². The number of carboxylic acids is 1. The Morgan fingerprint density at radius 3 is 1.65 bits per heavy atom. The summed E-state index contributed by atoms with van der Waals surface area (Å²) in [4.78, 5) is 24.0. The molecule has 0 rings (SSSR count). The van der Waals surface area contributed by atoms with Gasteiger partial charge in [-0.1, -0.05) is 48.0 Å². The van der Waals surface area contributed by atoms with Crippen LogP contribution in [0.1, 0.15) is 75.2 Å².